The molecule has 6 heteroatoms. The molecule has 4 heterocycles. The minimum atomic E-state index is -0.385. The SMILES string of the molecule is O=C1NCCc2c[nH]c3ccc4c(c23)[C@@H]1[C@H](c1ccc2c(c1)OCO2)O4. The zero-order valence-electron chi connectivity index (χ0n) is 13.9. The first-order valence-corrected chi connectivity index (χ1v) is 8.76. The summed E-state index contributed by atoms with van der Waals surface area (Å²) in [4.78, 5) is 16.3. The molecule has 6 rings (SSSR count). The van der Waals surface area contributed by atoms with Crippen molar-refractivity contribution >= 4 is 16.8 Å². The monoisotopic (exact) mass is 348 g/mol. The summed E-state index contributed by atoms with van der Waals surface area (Å²) in [5.74, 6) is 1.82. The number of fused-ring (bicyclic) bond motifs is 1. The number of ether oxygens (including phenoxy) is 3. The van der Waals surface area contributed by atoms with Gasteiger partial charge in [-0.2, -0.15) is 0 Å². The van der Waals surface area contributed by atoms with Gasteiger partial charge in [-0.3, -0.25) is 4.79 Å². The zero-order valence-corrected chi connectivity index (χ0v) is 13.9. The van der Waals surface area contributed by atoms with Crippen molar-refractivity contribution in [1.82, 2.24) is 10.3 Å². The van der Waals surface area contributed by atoms with Crippen LogP contribution in [0.4, 0.5) is 0 Å². The van der Waals surface area contributed by atoms with Crippen LogP contribution in [0.25, 0.3) is 10.9 Å². The Kier molecular flexibility index (Phi) is 2.67. The molecule has 0 spiro atoms. The van der Waals surface area contributed by atoms with Crippen LogP contribution in [-0.4, -0.2) is 24.2 Å². The van der Waals surface area contributed by atoms with Gasteiger partial charge >= 0.3 is 0 Å². The van der Waals surface area contributed by atoms with Crippen molar-refractivity contribution in [3.8, 4) is 17.2 Å². The second-order valence-corrected chi connectivity index (χ2v) is 6.88. The lowest BCUT2D eigenvalue weighted by Gasteiger charge is -2.21. The van der Waals surface area contributed by atoms with Gasteiger partial charge in [0.1, 0.15) is 17.8 Å². The Morgan fingerprint density at radius 2 is 1.92 bits per heavy atom. The quantitative estimate of drug-likeness (QED) is 0.709. The van der Waals surface area contributed by atoms with Crippen molar-refractivity contribution in [2.24, 2.45) is 0 Å². The van der Waals surface area contributed by atoms with Gasteiger partial charge in [0.15, 0.2) is 11.5 Å². The molecule has 0 aliphatic carbocycles. The highest BCUT2D eigenvalue weighted by Gasteiger charge is 2.43. The highest BCUT2D eigenvalue weighted by atomic mass is 16.7. The zero-order chi connectivity index (χ0) is 17.3. The summed E-state index contributed by atoms with van der Waals surface area (Å²) in [6, 6.07) is 9.72. The lowest BCUT2D eigenvalue weighted by molar-refractivity contribution is -0.124. The van der Waals surface area contributed by atoms with E-state index < -0.39 is 0 Å². The first-order valence-electron chi connectivity index (χ1n) is 8.76. The van der Waals surface area contributed by atoms with E-state index in [0.29, 0.717) is 12.3 Å². The molecule has 0 saturated carbocycles. The third-order valence-electron chi connectivity index (χ3n) is 5.50. The van der Waals surface area contributed by atoms with Crippen molar-refractivity contribution in [3.05, 3.63) is 53.2 Å². The van der Waals surface area contributed by atoms with Crippen molar-refractivity contribution in [2.75, 3.05) is 13.3 Å². The Morgan fingerprint density at radius 3 is 2.88 bits per heavy atom. The van der Waals surface area contributed by atoms with E-state index in [0.717, 1.165) is 39.9 Å². The molecule has 1 aromatic heterocycles. The van der Waals surface area contributed by atoms with Crippen LogP contribution in [0.1, 0.15) is 28.7 Å². The Morgan fingerprint density at radius 1 is 1.04 bits per heavy atom. The first-order chi connectivity index (χ1) is 12.8. The van der Waals surface area contributed by atoms with Gasteiger partial charge in [-0.05, 0) is 41.8 Å². The predicted molar refractivity (Wildman–Crippen MR) is 93.7 cm³/mol. The number of H-pyrrole nitrogens is 1. The molecule has 3 aromatic rings. The fourth-order valence-electron chi connectivity index (χ4n) is 4.32. The molecule has 1 amide bonds. The number of nitrogens with one attached hydrogen (secondary N) is 2. The maximum absolute atomic E-state index is 13.0. The summed E-state index contributed by atoms with van der Waals surface area (Å²) >= 11 is 0. The van der Waals surface area contributed by atoms with Crippen LogP contribution >= 0.6 is 0 Å². The molecular weight excluding hydrogens is 332 g/mol. The minimum absolute atomic E-state index is 0.00534. The number of aromatic nitrogens is 1. The molecular formula is C20H16N2O4. The van der Waals surface area contributed by atoms with E-state index in [1.54, 1.807) is 0 Å². The predicted octanol–water partition coefficient (Wildman–Crippen LogP) is 2.79. The molecule has 0 radical (unpaired) electrons. The van der Waals surface area contributed by atoms with E-state index in [2.05, 4.69) is 10.3 Å². The molecule has 6 nitrogen and oxygen atoms in total. The molecule has 3 aliphatic heterocycles. The minimum Gasteiger partial charge on any atom is -0.484 e. The summed E-state index contributed by atoms with van der Waals surface area (Å²) in [6.45, 7) is 0.849. The third-order valence-corrected chi connectivity index (χ3v) is 5.50. The lowest BCUT2D eigenvalue weighted by atomic mass is 9.86. The summed E-state index contributed by atoms with van der Waals surface area (Å²) < 4.78 is 17.2. The van der Waals surface area contributed by atoms with E-state index in [4.69, 9.17) is 14.2 Å². The summed E-state index contributed by atoms with van der Waals surface area (Å²) in [5, 5.41) is 4.19. The van der Waals surface area contributed by atoms with Gasteiger partial charge in [0, 0.05) is 29.2 Å². The van der Waals surface area contributed by atoms with Crippen LogP contribution in [0.2, 0.25) is 0 Å². The van der Waals surface area contributed by atoms with Crippen LogP contribution in [0.3, 0.4) is 0 Å². The van der Waals surface area contributed by atoms with E-state index in [9.17, 15) is 4.79 Å². The highest BCUT2D eigenvalue weighted by molar-refractivity contribution is 5.97. The number of hydrogen-bond donors (Lipinski definition) is 2. The number of amides is 1. The van der Waals surface area contributed by atoms with Gasteiger partial charge in [0.2, 0.25) is 12.7 Å². The number of rotatable bonds is 1. The fourth-order valence-corrected chi connectivity index (χ4v) is 4.32. The molecule has 2 aromatic carbocycles. The Labute approximate surface area is 149 Å². The van der Waals surface area contributed by atoms with Gasteiger partial charge in [-0.25, -0.2) is 0 Å². The van der Waals surface area contributed by atoms with Crippen molar-refractivity contribution in [3.63, 3.8) is 0 Å². The standard InChI is InChI=1S/C20H16N2O4/c23-20-18-17-14(4-2-12-16(17)11(8-22-12)5-6-21-20)26-19(18)10-1-3-13-15(7-10)25-9-24-13/h1-4,7-8,18-19,22H,5-6,9H2,(H,21,23)/t18-,19+/m1/s1. The molecule has 2 N–H and O–H groups in total. The summed E-state index contributed by atoms with van der Waals surface area (Å²) in [5.41, 5.74) is 4.17. The first kappa shape index (κ1) is 14.1. The lowest BCUT2D eigenvalue weighted by Crippen LogP contribution is -2.34. The van der Waals surface area contributed by atoms with Crippen molar-refractivity contribution in [1.29, 1.82) is 0 Å². The number of hydrogen-bond acceptors (Lipinski definition) is 4. The third kappa shape index (κ3) is 1.78. The average Bonchev–Trinajstić information content (AvgIpc) is 3.35. The fraction of sp³-hybridized carbons (Fsp3) is 0.250. The number of carbonyl (C=O) groups is 1. The smallest absolute Gasteiger partial charge is 0.231 e. The average molecular weight is 348 g/mol. The molecule has 130 valence electrons. The Hall–Kier alpha value is -3.15. The van der Waals surface area contributed by atoms with E-state index in [1.165, 1.54) is 5.56 Å². The van der Waals surface area contributed by atoms with Crippen LogP contribution in [0.15, 0.2) is 36.5 Å². The maximum atomic E-state index is 13.0. The van der Waals surface area contributed by atoms with Crippen LogP contribution in [-0.2, 0) is 11.2 Å². The second kappa shape index (κ2) is 4.94. The topological polar surface area (TPSA) is 72.6 Å². The Bertz CT molecular complexity index is 1070. The normalized spacial score (nSPS) is 22.7. The van der Waals surface area contributed by atoms with E-state index in [-0.39, 0.29) is 24.7 Å². The molecule has 0 unspecified atom stereocenters. The maximum Gasteiger partial charge on any atom is 0.231 e. The van der Waals surface area contributed by atoms with E-state index in [1.807, 2.05) is 36.5 Å². The number of carbonyl (C=O) groups excluding carboxylic acids is 1. The summed E-state index contributed by atoms with van der Waals surface area (Å²) in [6.07, 6.45) is 2.46. The van der Waals surface area contributed by atoms with Gasteiger partial charge in [0.05, 0.1) is 0 Å². The van der Waals surface area contributed by atoms with Crippen LogP contribution in [0, 0.1) is 0 Å². The van der Waals surface area contributed by atoms with Crippen molar-refractivity contribution in [2.45, 2.75) is 18.4 Å². The Balaban J connectivity index is 1.55. The van der Waals surface area contributed by atoms with Crippen LogP contribution < -0.4 is 19.5 Å². The highest BCUT2D eigenvalue weighted by Crippen LogP contribution is 2.51. The second-order valence-electron chi connectivity index (χ2n) is 6.88. The molecule has 26 heavy (non-hydrogen) atoms. The van der Waals surface area contributed by atoms with Gasteiger partial charge in [0.25, 0.3) is 0 Å². The van der Waals surface area contributed by atoms with Crippen molar-refractivity contribution < 1.29 is 19.0 Å². The molecule has 3 aliphatic rings. The van der Waals surface area contributed by atoms with E-state index >= 15 is 0 Å². The molecule has 2 atom stereocenters. The molecule has 0 saturated heterocycles. The number of aromatic amines is 1. The van der Waals surface area contributed by atoms with Gasteiger partial charge in [-0.1, -0.05) is 6.07 Å². The van der Waals surface area contributed by atoms with Gasteiger partial charge < -0.3 is 24.5 Å². The molecule has 0 fully saturated rings. The van der Waals surface area contributed by atoms with Gasteiger partial charge in [-0.15, -0.1) is 0 Å². The van der Waals surface area contributed by atoms with Crippen LogP contribution in [0.5, 0.6) is 17.2 Å². The largest absolute Gasteiger partial charge is 0.484 e. The summed E-state index contributed by atoms with van der Waals surface area (Å²) in [7, 11) is 0. The number of benzene rings is 2. The molecule has 0 bridgehead atoms.